The number of fused-ring (bicyclic) bond motifs is 3. The van der Waals surface area contributed by atoms with Crippen molar-refractivity contribution in [3.05, 3.63) is 101 Å². The summed E-state index contributed by atoms with van der Waals surface area (Å²) in [6, 6.07) is 22.4. The summed E-state index contributed by atoms with van der Waals surface area (Å²) in [6.45, 7) is 0. The van der Waals surface area contributed by atoms with Crippen LogP contribution in [0.5, 0.6) is 0 Å². The Morgan fingerprint density at radius 2 is 1.57 bits per heavy atom. The average Bonchev–Trinajstić information content (AvgIpc) is 2.89. The van der Waals surface area contributed by atoms with Crippen molar-refractivity contribution in [2.24, 2.45) is 0 Å². The number of carboxylic acid groups (broad SMARTS) is 1. The first kappa shape index (κ1) is 16.8. The van der Waals surface area contributed by atoms with E-state index in [0.717, 1.165) is 27.4 Å². The molecule has 1 heterocycles. The Bertz CT molecular complexity index is 1160. The van der Waals surface area contributed by atoms with Crippen molar-refractivity contribution in [1.82, 2.24) is 0 Å². The Kier molecular flexibility index (Phi) is 3.84. The molecule has 1 aliphatic carbocycles. The third kappa shape index (κ3) is 2.55. The van der Waals surface area contributed by atoms with Crippen molar-refractivity contribution in [1.29, 1.82) is 0 Å². The molecule has 1 unspecified atom stereocenters. The molecule has 0 spiro atoms. The molecule has 2 aliphatic rings. The second-order valence-electron chi connectivity index (χ2n) is 6.71. The molecule has 3 aromatic carbocycles. The highest BCUT2D eigenvalue weighted by atomic mass is 32.2. The minimum atomic E-state index is -0.962. The van der Waals surface area contributed by atoms with Gasteiger partial charge in [0.15, 0.2) is 5.78 Å². The first-order valence-electron chi connectivity index (χ1n) is 8.88. The van der Waals surface area contributed by atoms with Crippen LogP contribution in [0.1, 0.15) is 37.1 Å². The molecule has 0 saturated carbocycles. The van der Waals surface area contributed by atoms with Crippen LogP contribution in [-0.2, 0) is 0 Å². The van der Waals surface area contributed by atoms with Gasteiger partial charge in [-0.3, -0.25) is 4.79 Å². The SMILES string of the molecule is O=C(O)c1ccc(C2Sc3ccccc3NC3=C2C(=O)c2ccccc23)cc1. The molecule has 5 heteroatoms. The fourth-order valence-corrected chi connectivity index (χ4v) is 5.01. The standard InChI is InChI=1S/C23H15NO3S/c25-21-16-6-2-1-5-15(16)20-19(21)22(13-9-11-14(12-10-13)23(26)27)28-18-8-4-3-7-17(18)24-20/h1-12,22,24H,(H,26,27). The van der Waals surface area contributed by atoms with Gasteiger partial charge in [0.05, 0.1) is 22.2 Å². The lowest BCUT2D eigenvalue weighted by Crippen LogP contribution is -2.08. The lowest BCUT2D eigenvalue weighted by molar-refractivity contribution is 0.0696. The van der Waals surface area contributed by atoms with E-state index < -0.39 is 5.97 Å². The third-order valence-electron chi connectivity index (χ3n) is 5.07. The second kappa shape index (κ2) is 6.39. The van der Waals surface area contributed by atoms with E-state index in [1.807, 2.05) is 48.5 Å². The molecule has 2 N–H and O–H groups in total. The Balaban J connectivity index is 1.70. The summed E-state index contributed by atoms with van der Waals surface area (Å²) in [6.07, 6.45) is 0. The fourth-order valence-electron chi connectivity index (χ4n) is 3.72. The van der Waals surface area contributed by atoms with Crippen molar-refractivity contribution >= 4 is 34.9 Å². The Labute approximate surface area is 165 Å². The van der Waals surface area contributed by atoms with Gasteiger partial charge in [-0.2, -0.15) is 0 Å². The molecular formula is C23H15NO3S. The highest BCUT2D eigenvalue weighted by molar-refractivity contribution is 8.00. The number of carboxylic acids is 1. The molecule has 28 heavy (non-hydrogen) atoms. The van der Waals surface area contributed by atoms with E-state index >= 15 is 0 Å². The van der Waals surface area contributed by atoms with Gasteiger partial charge in [0.1, 0.15) is 0 Å². The van der Waals surface area contributed by atoms with E-state index in [1.165, 1.54) is 0 Å². The fraction of sp³-hybridized carbons (Fsp3) is 0.0435. The molecular weight excluding hydrogens is 370 g/mol. The van der Waals surface area contributed by atoms with Crippen LogP contribution in [0.2, 0.25) is 0 Å². The van der Waals surface area contributed by atoms with Gasteiger partial charge in [-0.25, -0.2) is 4.79 Å². The van der Waals surface area contributed by atoms with Crippen LogP contribution < -0.4 is 5.32 Å². The Morgan fingerprint density at radius 3 is 2.32 bits per heavy atom. The molecule has 4 nitrogen and oxygen atoms in total. The van der Waals surface area contributed by atoms with Crippen molar-refractivity contribution in [2.75, 3.05) is 5.32 Å². The van der Waals surface area contributed by atoms with Gasteiger partial charge in [0.25, 0.3) is 0 Å². The average molecular weight is 385 g/mol. The van der Waals surface area contributed by atoms with Crippen LogP contribution >= 0.6 is 11.8 Å². The minimum Gasteiger partial charge on any atom is -0.478 e. The molecule has 0 amide bonds. The number of benzene rings is 3. The molecule has 3 aromatic rings. The summed E-state index contributed by atoms with van der Waals surface area (Å²) in [4.78, 5) is 25.6. The van der Waals surface area contributed by atoms with Crippen LogP contribution in [0.15, 0.2) is 83.3 Å². The summed E-state index contributed by atoms with van der Waals surface area (Å²) >= 11 is 1.61. The predicted molar refractivity (Wildman–Crippen MR) is 110 cm³/mol. The number of carbonyl (C=O) groups excluding carboxylic acids is 1. The highest BCUT2D eigenvalue weighted by Crippen LogP contribution is 2.52. The molecule has 0 saturated heterocycles. The maximum Gasteiger partial charge on any atom is 0.335 e. The van der Waals surface area contributed by atoms with Crippen molar-refractivity contribution in [2.45, 2.75) is 10.1 Å². The van der Waals surface area contributed by atoms with Gasteiger partial charge in [-0.15, -0.1) is 11.8 Å². The van der Waals surface area contributed by atoms with Crippen molar-refractivity contribution in [3.63, 3.8) is 0 Å². The summed E-state index contributed by atoms with van der Waals surface area (Å²) < 4.78 is 0. The molecule has 1 atom stereocenters. The van der Waals surface area contributed by atoms with E-state index in [-0.39, 0.29) is 16.6 Å². The summed E-state index contributed by atoms with van der Waals surface area (Å²) in [7, 11) is 0. The van der Waals surface area contributed by atoms with Crippen LogP contribution in [0.3, 0.4) is 0 Å². The zero-order chi connectivity index (χ0) is 19.3. The van der Waals surface area contributed by atoms with E-state index in [0.29, 0.717) is 11.1 Å². The minimum absolute atomic E-state index is 0.0192. The maximum atomic E-state index is 13.3. The van der Waals surface area contributed by atoms with Gasteiger partial charge >= 0.3 is 5.97 Å². The first-order valence-corrected chi connectivity index (χ1v) is 9.75. The molecule has 0 aromatic heterocycles. The van der Waals surface area contributed by atoms with Crippen LogP contribution in [0.4, 0.5) is 5.69 Å². The quantitative estimate of drug-likeness (QED) is 0.631. The van der Waals surface area contributed by atoms with Gasteiger partial charge in [-0.05, 0) is 29.8 Å². The number of carbonyl (C=O) groups is 2. The van der Waals surface area contributed by atoms with E-state index in [1.54, 1.807) is 36.0 Å². The van der Waals surface area contributed by atoms with Gasteiger partial charge in [0, 0.05) is 21.6 Å². The first-order chi connectivity index (χ1) is 13.6. The van der Waals surface area contributed by atoms with Crippen LogP contribution in [0.25, 0.3) is 5.70 Å². The number of ketones is 1. The summed E-state index contributed by atoms with van der Waals surface area (Å²) in [5.41, 5.74) is 5.27. The van der Waals surface area contributed by atoms with Gasteiger partial charge < -0.3 is 10.4 Å². The lowest BCUT2D eigenvalue weighted by atomic mass is 10.00. The zero-order valence-electron chi connectivity index (χ0n) is 14.7. The largest absolute Gasteiger partial charge is 0.478 e. The number of rotatable bonds is 2. The van der Waals surface area contributed by atoms with Crippen LogP contribution in [-0.4, -0.2) is 16.9 Å². The number of para-hydroxylation sites is 1. The number of aromatic carboxylic acids is 1. The number of hydrogen-bond donors (Lipinski definition) is 2. The molecule has 0 fully saturated rings. The van der Waals surface area contributed by atoms with E-state index in [2.05, 4.69) is 5.32 Å². The lowest BCUT2D eigenvalue weighted by Gasteiger charge is -2.17. The number of nitrogens with one attached hydrogen (secondary N) is 1. The Morgan fingerprint density at radius 1 is 0.893 bits per heavy atom. The number of hydrogen-bond acceptors (Lipinski definition) is 4. The molecule has 5 rings (SSSR count). The summed E-state index contributed by atoms with van der Waals surface area (Å²) in [5, 5.41) is 12.4. The molecule has 0 bridgehead atoms. The predicted octanol–water partition coefficient (Wildman–Crippen LogP) is 5.25. The summed E-state index contributed by atoms with van der Waals surface area (Å²) in [5.74, 6) is -0.943. The highest BCUT2D eigenvalue weighted by Gasteiger charge is 2.38. The zero-order valence-corrected chi connectivity index (χ0v) is 15.5. The van der Waals surface area contributed by atoms with Gasteiger partial charge in [0.2, 0.25) is 0 Å². The third-order valence-corrected chi connectivity index (χ3v) is 6.42. The maximum absolute atomic E-state index is 13.3. The molecule has 0 radical (unpaired) electrons. The number of anilines is 1. The Hall–Kier alpha value is -3.31. The number of Topliss-reactive ketones (excluding diaryl/α,β-unsaturated/α-hetero) is 1. The van der Waals surface area contributed by atoms with Gasteiger partial charge in [-0.1, -0.05) is 48.5 Å². The monoisotopic (exact) mass is 385 g/mol. The van der Waals surface area contributed by atoms with Crippen molar-refractivity contribution in [3.8, 4) is 0 Å². The topological polar surface area (TPSA) is 66.4 Å². The smallest absolute Gasteiger partial charge is 0.335 e. The van der Waals surface area contributed by atoms with Crippen LogP contribution in [0, 0.1) is 0 Å². The normalized spacial score (nSPS) is 17.3. The van der Waals surface area contributed by atoms with Crippen molar-refractivity contribution < 1.29 is 14.7 Å². The second-order valence-corrected chi connectivity index (χ2v) is 7.86. The molecule has 136 valence electrons. The van der Waals surface area contributed by atoms with E-state index in [9.17, 15) is 14.7 Å². The molecule has 1 aliphatic heterocycles. The van der Waals surface area contributed by atoms with E-state index in [4.69, 9.17) is 0 Å². The number of thioether (sulfide) groups is 1.